The standard InChI is InChI=1S/C17H26N2O3/c1-19-10-8-15(17(19)14-6-5-9-18-12-14)13-22-11-4-2-3-7-16(20)21/h5-6,9,12,15,17H,2-4,7-8,10-11,13H2,1H3,(H,20,21)/t15-,17-/m1/s1. The zero-order valence-corrected chi connectivity index (χ0v) is 13.3. The number of nitrogens with zero attached hydrogens (tertiary/aromatic N) is 2. The van der Waals surface area contributed by atoms with E-state index in [1.165, 1.54) is 5.56 Å². The van der Waals surface area contributed by atoms with Crippen LogP contribution in [0.1, 0.15) is 43.7 Å². The Hall–Kier alpha value is -1.46. The number of rotatable bonds is 9. The van der Waals surface area contributed by atoms with Gasteiger partial charge in [0, 0.05) is 37.4 Å². The SMILES string of the molecule is CN1CC[C@H](COCCCCCC(=O)O)[C@H]1c1cccnc1. The molecule has 0 spiro atoms. The Bertz CT molecular complexity index is 452. The normalized spacial score (nSPS) is 22.0. The van der Waals surface area contributed by atoms with Crippen LogP contribution < -0.4 is 0 Å². The van der Waals surface area contributed by atoms with Crippen LogP contribution in [0.25, 0.3) is 0 Å². The van der Waals surface area contributed by atoms with E-state index in [1.54, 1.807) is 6.20 Å². The molecule has 1 aromatic rings. The van der Waals surface area contributed by atoms with Gasteiger partial charge in [-0.05, 0) is 44.5 Å². The second kappa shape index (κ2) is 8.86. The summed E-state index contributed by atoms with van der Waals surface area (Å²) < 4.78 is 5.83. The molecule has 0 bridgehead atoms. The maximum Gasteiger partial charge on any atom is 0.303 e. The van der Waals surface area contributed by atoms with Gasteiger partial charge in [0.05, 0.1) is 6.61 Å². The molecule has 0 radical (unpaired) electrons. The number of carbonyl (C=O) groups is 1. The van der Waals surface area contributed by atoms with Crippen molar-refractivity contribution in [2.24, 2.45) is 5.92 Å². The van der Waals surface area contributed by atoms with Crippen molar-refractivity contribution in [3.05, 3.63) is 30.1 Å². The summed E-state index contributed by atoms with van der Waals surface area (Å²) in [5, 5.41) is 8.58. The molecule has 22 heavy (non-hydrogen) atoms. The summed E-state index contributed by atoms with van der Waals surface area (Å²) in [6, 6.07) is 4.51. The Morgan fingerprint density at radius 3 is 3.05 bits per heavy atom. The first-order chi connectivity index (χ1) is 10.7. The number of carboxylic acid groups (broad SMARTS) is 1. The Morgan fingerprint density at radius 2 is 2.32 bits per heavy atom. The maximum absolute atomic E-state index is 10.4. The monoisotopic (exact) mass is 306 g/mol. The Kier molecular flexibility index (Phi) is 6.80. The molecule has 1 aliphatic heterocycles. The largest absolute Gasteiger partial charge is 0.481 e. The molecular formula is C17H26N2O3. The highest BCUT2D eigenvalue weighted by Gasteiger charge is 2.33. The first-order valence-electron chi connectivity index (χ1n) is 8.08. The molecule has 2 rings (SSSR count). The first kappa shape index (κ1) is 16.9. The summed E-state index contributed by atoms with van der Waals surface area (Å²) in [4.78, 5) is 17.0. The summed E-state index contributed by atoms with van der Waals surface area (Å²) in [6.07, 6.45) is 7.76. The highest BCUT2D eigenvalue weighted by molar-refractivity contribution is 5.66. The van der Waals surface area contributed by atoms with Crippen LogP contribution in [0.4, 0.5) is 0 Å². The lowest BCUT2D eigenvalue weighted by Gasteiger charge is -2.25. The van der Waals surface area contributed by atoms with Crippen molar-refractivity contribution in [2.45, 2.75) is 38.1 Å². The van der Waals surface area contributed by atoms with Crippen LogP contribution >= 0.6 is 0 Å². The number of aliphatic carboxylic acids is 1. The molecule has 1 fully saturated rings. The fourth-order valence-electron chi connectivity index (χ4n) is 3.17. The first-order valence-corrected chi connectivity index (χ1v) is 8.08. The minimum Gasteiger partial charge on any atom is -0.481 e. The number of ether oxygens (including phenoxy) is 1. The highest BCUT2D eigenvalue weighted by Crippen LogP contribution is 2.35. The van der Waals surface area contributed by atoms with Crippen LogP contribution in [0, 0.1) is 5.92 Å². The van der Waals surface area contributed by atoms with E-state index < -0.39 is 5.97 Å². The Labute approximate surface area is 132 Å². The van der Waals surface area contributed by atoms with Gasteiger partial charge in [0.2, 0.25) is 0 Å². The molecule has 2 heterocycles. The Morgan fingerprint density at radius 1 is 1.45 bits per heavy atom. The molecule has 2 atom stereocenters. The van der Waals surface area contributed by atoms with Crippen molar-refractivity contribution in [3.63, 3.8) is 0 Å². The number of pyridine rings is 1. The molecule has 0 aromatic carbocycles. The van der Waals surface area contributed by atoms with Gasteiger partial charge in [-0.15, -0.1) is 0 Å². The van der Waals surface area contributed by atoms with Crippen molar-refractivity contribution in [1.82, 2.24) is 9.88 Å². The molecular weight excluding hydrogens is 280 g/mol. The van der Waals surface area contributed by atoms with Gasteiger partial charge < -0.3 is 9.84 Å². The van der Waals surface area contributed by atoms with E-state index in [0.29, 0.717) is 12.0 Å². The highest BCUT2D eigenvalue weighted by atomic mass is 16.5. The van der Waals surface area contributed by atoms with Gasteiger partial charge in [-0.2, -0.15) is 0 Å². The fraction of sp³-hybridized carbons (Fsp3) is 0.647. The van der Waals surface area contributed by atoms with Crippen LogP contribution in [0.3, 0.4) is 0 Å². The number of hydrogen-bond acceptors (Lipinski definition) is 4. The fourth-order valence-corrected chi connectivity index (χ4v) is 3.17. The second-order valence-corrected chi connectivity index (χ2v) is 6.04. The maximum atomic E-state index is 10.4. The van der Waals surface area contributed by atoms with Crippen molar-refractivity contribution in [3.8, 4) is 0 Å². The molecule has 5 heteroatoms. The molecule has 0 saturated carbocycles. The van der Waals surface area contributed by atoms with Gasteiger partial charge in [0.15, 0.2) is 0 Å². The molecule has 1 aromatic heterocycles. The topological polar surface area (TPSA) is 62.7 Å². The number of likely N-dealkylation sites (tertiary alicyclic amines) is 1. The summed E-state index contributed by atoms with van der Waals surface area (Å²) >= 11 is 0. The lowest BCUT2D eigenvalue weighted by Crippen LogP contribution is -2.23. The van der Waals surface area contributed by atoms with Crippen LogP contribution in [0.5, 0.6) is 0 Å². The van der Waals surface area contributed by atoms with Crippen LogP contribution in [-0.2, 0) is 9.53 Å². The van der Waals surface area contributed by atoms with Crippen LogP contribution in [-0.4, -0.2) is 47.8 Å². The minimum atomic E-state index is -0.714. The van der Waals surface area contributed by atoms with Gasteiger partial charge in [-0.3, -0.25) is 14.7 Å². The average molecular weight is 306 g/mol. The van der Waals surface area contributed by atoms with Crippen molar-refractivity contribution >= 4 is 5.97 Å². The summed E-state index contributed by atoms with van der Waals surface area (Å²) in [7, 11) is 2.16. The quantitative estimate of drug-likeness (QED) is 0.711. The summed E-state index contributed by atoms with van der Waals surface area (Å²) in [6.45, 7) is 2.58. The zero-order chi connectivity index (χ0) is 15.8. The zero-order valence-electron chi connectivity index (χ0n) is 13.3. The van der Waals surface area contributed by atoms with Gasteiger partial charge >= 0.3 is 5.97 Å². The third kappa shape index (κ3) is 5.07. The smallest absolute Gasteiger partial charge is 0.303 e. The summed E-state index contributed by atoms with van der Waals surface area (Å²) in [5.41, 5.74) is 1.26. The van der Waals surface area contributed by atoms with E-state index >= 15 is 0 Å². The minimum absolute atomic E-state index is 0.260. The lowest BCUT2D eigenvalue weighted by molar-refractivity contribution is -0.137. The molecule has 0 aliphatic carbocycles. The molecule has 0 unspecified atom stereocenters. The van der Waals surface area contributed by atoms with Gasteiger partial charge in [-0.25, -0.2) is 0 Å². The van der Waals surface area contributed by atoms with Crippen molar-refractivity contribution in [1.29, 1.82) is 0 Å². The van der Waals surface area contributed by atoms with Gasteiger partial charge in [-0.1, -0.05) is 12.5 Å². The van der Waals surface area contributed by atoms with Crippen molar-refractivity contribution < 1.29 is 14.6 Å². The third-order valence-electron chi connectivity index (χ3n) is 4.31. The van der Waals surface area contributed by atoms with E-state index in [0.717, 1.165) is 45.4 Å². The molecule has 0 amide bonds. The molecule has 1 saturated heterocycles. The second-order valence-electron chi connectivity index (χ2n) is 6.04. The molecule has 1 N–H and O–H groups in total. The number of unbranched alkanes of at least 4 members (excludes halogenated alkanes) is 2. The van der Waals surface area contributed by atoms with E-state index in [9.17, 15) is 4.79 Å². The van der Waals surface area contributed by atoms with E-state index in [2.05, 4.69) is 23.0 Å². The molecule has 1 aliphatic rings. The van der Waals surface area contributed by atoms with Crippen LogP contribution in [0.15, 0.2) is 24.5 Å². The van der Waals surface area contributed by atoms with Crippen LogP contribution in [0.2, 0.25) is 0 Å². The van der Waals surface area contributed by atoms with Crippen molar-refractivity contribution in [2.75, 3.05) is 26.8 Å². The predicted octanol–water partition coefficient (Wildman–Crippen LogP) is 2.74. The summed E-state index contributed by atoms with van der Waals surface area (Å²) in [5.74, 6) is -0.206. The number of aromatic nitrogens is 1. The molecule has 5 nitrogen and oxygen atoms in total. The third-order valence-corrected chi connectivity index (χ3v) is 4.31. The van der Waals surface area contributed by atoms with E-state index in [-0.39, 0.29) is 6.42 Å². The molecule has 122 valence electrons. The van der Waals surface area contributed by atoms with E-state index in [1.807, 2.05) is 12.3 Å². The van der Waals surface area contributed by atoms with Gasteiger partial charge in [0.1, 0.15) is 0 Å². The van der Waals surface area contributed by atoms with E-state index in [4.69, 9.17) is 9.84 Å². The van der Waals surface area contributed by atoms with Gasteiger partial charge in [0.25, 0.3) is 0 Å². The predicted molar refractivity (Wildman–Crippen MR) is 84.6 cm³/mol. The Balaban J connectivity index is 1.69. The number of hydrogen-bond donors (Lipinski definition) is 1. The number of carboxylic acids is 1. The average Bonchev–Trinajstić information content (AvgIpc) is 2.88. The lowest BCUT2D eigenvalue weighted by atomic mass is 9.96.